The van der Waals surface area contributed by atoms with Crippen molar-refractivity contribution in [3.8, 4) is 0 Å². The number of nitro groups is 1. The topological polar surface area (TPSA) is 75.5 Å². The third-order valence-corrected chi connectivity index (χ3v) is 5.70. The Kier molecular flexibility index (Phi) is 5.37. The van der Waals surface area contributed by atoms with Gasteiger partial charge in [0.25, 0.3) is 5.69 Å². The summed E-state index contributed by atoms with van der Waals surface area (Å²) in [7, 11) is 0. The van der Waals surface area contributed by atoms with Gasteiger partial charge in [0.15, 0.2) is 0 Å². The number of rotatable bonds is 5. The maximum atomic E-state index is 12.5. The van der Waals surface area contributed by atoms with Gasteiger partial charge in [0.05, 0.1) is 4.92 Å². The van der Waals surface area contributed by atoms with Crippen molar-refractivity contribution in [1.82, 2.24) is 10.2 Å². The second kappa shape index (κ2) is 7.52. The maximum absolute atomic E-state index is 12.5. The van der Waals surface area contributed by atoms with E-state index in [1.54, 1.807) is 19.1 Å². The Morgan fingerprint density at radius 2 is 2.04 bits per heavy atom. The van der Waals surface area contributed by atoms with Gasteiger partial charge in [-0.2, -0.15) is 0 Å². The van der Waals surface area contributed by atoms with Crippen LogP contribution in [0.4, 0.5) is 5.69 Å². The number of nitrogens with one attached hydrogen (secondary N) is 1. The van der Waals surface area contributed by atoms with E-state index in [-0.39, 0.29) is 28.6 Å². The zero-order chi connectivity index (χ0) is 18.0. The van der Waals surface area contributed by atoms with E-state index in [1.807, 2.05) is 17.9 Å². The first-order valence-electron chi connectivity index (χ1n) is 9.26. The van der Waals surface area contributed by atoms with Gasteiger partial charge in [0.1, 0.15) is 0 Å². The van der Waals surface area contributed by atoms with Gasteiger partial charge in [-0.15, -0.1) is 0 Å². The molecule has 0 bridgehead atoms. The highest BCUT2D eigenvalue weighted by molar-refractivity contribution is 5.79. The van der Waals surface area contributed by atoms with E-state index in [1.165, 1.54) is 12.8 Å². The minimum absolute atomic E-state index is 0.0198. The molecule has 1 aliphatic carbocycles. The Morgan fingerprint density at radius 3 is 2.72 bits per heavy atom. The molecule has 0 unspecified atom stereocenters. The maximum Gasteiger partial charge on any atom is 0.272 e. The van der Waals surface area contributed by atoms with Crippen LogP contribution in [-0.4, -0.2) is 34.9 Å². The standard InChI is InChI=1S/C19H27N3O3/c1-13-17(8-5-9-18(13)22(24)25)14(2)20-16-10-11-21(12-16)19(23)15-6-3-4-7-15/h5,8-9,14-16,20H,3-4,6-7,10-12H2,1-2H3/t14-,16+/m0/s1. The molecule has 1 saturated heterocycles. The van der Waals surface area contributed by atoms with Gasteiger partial charge in [0, 0.05) is 42.7 Å². The van der Waals surface area contributed by atoms with Gasteiger partial charge in [-0.25, -0.2) is 0 Å². The van der Waals surface area contributed by atoms with E-state index in [9.17, 15) is 14.9 Å². The Bertz CT molecular complexity index is 655. The molecule has 1 saturated carbocycles. The molecule has 1 amide bonds. The number of nitro benzene ring substituents is 1. The third kappa shape index (κ3) is 3.84. The highest BCUT2D eigenvalue weighted by Gasteiger charge is 2.32. The molecule has 6 nitrogen and oxygen atoms in total. The van der Waals surface area contributed by atoms with E-state index >= 15 is 0 Å². The monoisotopic (exact) mass is 345 g/mol. The molecule has 2 fully saturated rings. The van der Waals surface area contributed by atoms with Gasteiger partial charge >= 0.3 is 0 Å². The molecule has 0 radical (unpaired) electrons. The number of likely N-dealkylation sites (tertiary alicyclic amines) is 1. The summed E-state index contributed by atoms with van der Waals surface area (Å²) >= 11 is 0. The van der Waals surface area contributed by atoms with Crippen LogP contribution in [0.25, 0.3) is 0 Å². The number of carbonyl (C=O) groups is 1. The second-order valence-corrected chi connectivity index (χ2v) is 7.39. The smallest absolute Gasteiger partial charge is 0.272 e. The van der Waals surface area contributed by atoms with E-state index in [2.05, 4.69) is 5.32 Å². The van der Waals surface area contributed by atoms with Crippen molar-refractivity contribution < 1.29 is 9.72 Å². The average molecular weight is 345 g/mol. The lowest BCUT2D eigenvalue weighted by molar-refractivity contribution is -0.385. The number of hydrogen-bond acceptors (Lipinski definition) is 4. The van der Waals surface area contributed by atoms with E-state index in [4.69, 9.17) is 0 Å². The van der Waals surface area contributed by atoms with Crippen molar-refractivity contribution in [1.29, 1.82) is 0 Å². The van der Waals surface area contributed by atoms with Crippen LogP contribution in [0.15, 0.2) is 18.2 Å². The second-order valence-electron chi connectivity index (χ2n) is 7.39. The van der Waals surface area contributed by atoms with Crippen LogP contribution in [0.2, 0.25) is 0 Å². The van der Waals surface area contributed by atoms with Gasteiger partial charge in [-0.1, -0.05) is 25.0 Å². The van der Waals surface area contributed by atoms with Gasteiger partial charge in [-0.05, 0) is 38.7 Å². The van der Waals surface area contributed by atoms with E-state index in [0.29, 0.717) is 11.5 Å². The largest absolute Gasteiger partial charge is 0.341 e. The molecule has 3 rings (SSSR count). The van der Waals surface area contributed by atoms with Crippen molar-refractivity contribution in [2.45, 2.75) is 58.0 Å². The van der Waals surface area contributed by atoms with Crippen molar-refractivity contribution in [2.24, 2.45) is 5.92 Å². The Labute approximate surface area is 148 Å². The van der Waals surface area contributed by atoms with Crippen LogP contribution < -0.4 is 5.32 Å². The minimum Gasteiger partial charge on any atom is -0.341 e. The number of nitrogens with zero attached hydrogens (tertiary/aromatic N) is 2. The summed E-state index contributed by atoms with van der Waals surface area (Å²) < 4.78 is 0. The molecule has 1 aromatic rings. The summed E-state index contributed by atoms with van der Waals surface area (Å²) in [5, 5.41) is 14.7. The predicted octanol–water partition coefficient (Wildman–Crippen LogP) is 3.34. The molecule has 2 atom stereocenters. The Hall–Kier alpha value is -1.95. The van der Waals surface area contributed by atoms with E-state index in [0.717, 1.165) is 37.9 Å². The van der Waals surface area contributed by atoms with Gasteiger partial charge < -0.3 is 10.2 Å². The molecule has 136 valence electrons. The van der Waals surface area contributed by atoms with Crippen LogP contribution in [-0.2, 0) is 4.79 Å². The first kappa shape index (κ1) is 17.9. The summed E-state index contributed by atoms with van der Waals surface area (Å²) in [6, 6.07) is 5.49. The fraction of sp³-hybridized carbons (Fsp3) is 0.632. The SMILES string of the molecule is Cc1c([C@H](C)N[C@@H]2CCN(C(=O)C3CCCC3)C2)cccc1[N+](=O)[O-]. The first-order valence-corrected chi connectivity index (χ1v) is 9.26. The lowest BCUT2D eigenvalue weighted by Gasteiger charge is -2.23. The molecule has 1 aromatic carbocycles. The molecule has 6 heteroatoms. The highest BCUT2D eigenvalue weighted by Crippen LogP contribution is 2.29. The quantitative estimate of drug-likeness (QED) is 0.656. The summed E-state index contributed by atoms with van der Waals surface area (Å²) in [5.74, 6) is 0.552. The summed E-state index contributed by atoms with van der Waals surface area (Å²) in [6.45, 7) is 5.39. The predicted molar refractivity (Wildman–Crippen MR) is 96.3 cm³/mol. The van der Waals surface area contributed by atoms with Crippen molar-refractivity contribution >= 4 is 11.6 Å². The lowest BCUT2D eigenvalue weighted by Crippen LogP contribution is -2.38. The van der Waals surface area contributed by atoms with Crippen molar-refractivity contribution in [3.63, 3.8) is 0 Å². The molecule has 1 heterocycles. The Balaban J connectivity index is 1.61. The molecular formula is C19H27N3O3. The Morgan fingerprint density at radius 1 is 1.32 bits per heavy atom. The number of benzene rings is 1. The first-order chi connectivity index (χ1) is 12.0. The number of hydrogen-bond donors (Lipinski definition) is 1. The summed E-state index contributed by atoms with van der Waals surface area (Å²) in [5.41, 5.74) is 1.83. The average Bonchev–Trinajstić information content (AvgIpc) is 3.26. The van der Waals surface area contributed by atoms with Crippen LogP contribution in [0.5, 0.6) is 0 Å². The molecule has 1 N–H and O–H groups in total. The number of carbonyl (C=O) groups excluding carboxylic acids is 1. The van der Waals surface area contributed by atoms with Crippen LogP contribution in [0.1, 0.15) is 56.2 Å². The zero-order valence-corrected chi connectivity index (χ0v) is 15.0. The molecular weight excluding hydrogens is 318 g/mol. The molecule has 25 heavy (non-hydrogen) atoms. The highest BCUT2D eigenvalue weighted by atomic mass is 16.6. The normalized spacial score (nSPS) is 22.3. The van der Waals surface area contributed by atoms with Gasteiger partial charge in [0.2, 0.25) is 5.91 Å². The zero-order valence-electron chi connectivity index (χ0n) is 15.0. The summed E-state index contributed by atoms with van der Waals surface area (Å²) in [6.07, 6.45) is 5.37. The van der Waals surface area contributed by atoms with E-state index < -0.39 is 0 Å². The lowest BCUT2D eigenvalue weighted by atomic mass is 10.00. The fourth-order valence-electron chi connectivity index (χ4n) is 4.28. The van der Waals surface area contributed by atoms with Crippen LogP contribution in [0, 0.1) is 23.0 Å². The van der Waals surface area contributed by atoms with Crippen molar-refractivity contribution in [3.05, 3.63) is 39.4 Å². The minimum atomic E-state index is -0.330. The molecule has 1 aliphatic heterocycles. The van der Waals surface area contributed by atoms with Crippen LogP contribution in [0.3, 0.4) is 0 Å². The van der Waals surface area contributed by atoms with Crippen molar-refractivity contribution in [2.75, 3.05) is 13.1 Å². The summed E-state index contributed by atoms with van der Waals surface area (Å²) in [4.78, 5) is 25.3. The molecule has 2 aliphatic rings. The fourth-order valence-corrected chi connectivity index (χ4v) is 4.28. The number of amides is 1. The van der Waals surface area contributed by atoms with Crippen LogP contribution >= 0.6 is 0 Å². The van der Waals surface area contributed by atoms with Gasteiger partial charge in [-0.3, -0.25) is 14.9 Å². The third-order valence-electron chi connectivity index (χ3n) is 5.70. The molecule has 0 aromatic heterocycles. The molecule has 0 spiro atoms.